The van der Waals surface area contributed by atoms with Crippen molar-refractivity contribution in [2.45, 2.75) is 407 Å². The normalized spacial score (nSPS) is 14.2. The lowest BCUT2D eigenvalue weighted by molar-refractivity contribution is -0.161. The molecule has 0 radical (unpaired) electrons. The van der Waals surface area contributed by atoms with Crippen molar-refractivity contribution in [2.24, 2.45) is 17.8 Å². The number of phosphoric acid groups is 2. The highest BCUT2D eigenvalue weighted by Gasteiger charge is 2.30. The van der Waals surface area contributed by atoms with Crippen molar-refractivity contribution in [2.75, 3.05) is 39.6 Å². The molecule has 17 nitrogen and oxygen atoms in total. The number of carbonyl (C=O) groups excluding carboxylic acids is 4. The highest BCUT2D eigenvalue weighted by atomic mass is 31.2. The summed E-state index contributed by atoms with van der Waals surface area (Å²) in [6.45, 7) is 11.8. The molecule has 0 heterocycles. The van der Waals surface area contributed by atoms with Crippen LogP contribution in [-0.4, -0.2) is 96.7 Å². The first-order chi connectivity index (χ1) is 47.7. The lowest BCUT2D eigenvalue weighted by Crippen LogP contribution is -2.30. The summed E-state index contributed by atoms with van der Waals surface area (Å²) in [5.41, 5.74) is 0. The molecule has 19 heteroatoms. The van der Waals surface area contributed by atoms with E-state index in [0.29, 0.717) is 31.6 Å². The third kappa shape index (κ3) is 73.6. The van der Waals surface area contributed by atoms with Gasteiger partial charge in [0.1, 0.15) is 19.3 Å². The number of aliphatic hydroxyl groups excluding tert-OH is 1. The van der Waals surface area contributed by atoms with Crippen molar-refractivity contribution in [3.8, 4) is 0 Å². The summed E-state index contributed by atoms with van der Waals surface area (Å²) in [5.74, 6) is 0.117. The van der Waals surface area contributed by atoms with Gasteiger partial charge in [0.15, 0.2) is 12.2 Å². The Kier molecular flexibility index (Phi) is 68.1. The molecule has 0 aromatic carbocycles. The zero-order valence-corrected chi connectivity index (χ0v) is 66.2. The van der Waals surface area contributed by atoms with Crippen LogP contribution in [0.5, 0.6) is 0 Å². The maximum Gasteiger partial charge on any atom is 0.472 e. The van der Waals surface area contributed by atoms with Crippen molar-refractivity contribution >= 4 is 39.5 Å². The van der Waals surface area contributed by atoms with Crippen LogP contribution in [0.3, 0.4) is 0 Å². The van der Waals surface area contributed by atoms with E-state index in [4.69, 9.17) is 37.0 Å². The summed E-state index contributed by atoms with van der Waals surface area (Å²) in [6.07, 6.45) is 60.7. The van der Waals surface area contributed by atoms with Gasteiger partial charge in [-0.1, -0.05) is 336 Å². The fourth-order valence-electron chi connectivity index (χ4n) is 11.8. The van der Waals surface area contributed by atoms with Crippen molar-refractivity contribution in [3.63, 3.8) is 0 Å². The number of hydrogen-bond donors (Lipinski definition) is 3. The summed E-state index contributed by atoms with van der Waals surface area (Å²) in [7, 11) is -9.93. The van der Waals surface area contributed by atoms with Gasteiger partial charge in [-0.15, -0.1) is 0 Å². The van der Waals surface area contributed by atoms with Gasteiger partial charge in [-0.2, -0.15) is 0 Å². The smallest absolute Gasteiger partial charge is 0.462 e. The minimum absolute atomic E-state index is 0.0852. The Balaban J connectivity index is 5.23. The van der Waals surface area contributed by atoms with Crippen LogP contribution in [0.1, 0.15) is 389 Å². The van der Waals surface area contributed by atoms with Gasteiger partial charge in [0.2, 0.25) is 0 Å². The van der Waals surface area contributed by atoms with Crippen LogP contribution in [0.2, 0.25) is 0 Å². The number of carbonyl (C=O) groups is 4. The highest BCUT2D eigenvalue weighted by Crippen LogP contribution is 2.45. The summed E-state index contributed by atoms with van der Waals surface area (Å²) in [6, 6.07) is 0. The van der Waals surface area contributed by atoms with Crippen LogP contribution in [0.25, 0.3) is 0 Å². The number of rotatable bonds is 76. The molecular formula is C80H152O17P2. The Bertz CT molecular complexity index is 2020. The second kappa shape index (κ2) is 69.9. The van der Waals surface area contributed by atoms with Crippen LogP contribution in [-0.2, 0) is 65.4 Å². The number of ether oxygens (including phenoxy) is 4. The van der Waals surface area contributed by atoms with Gasteiger partial charge in [0.25, 0.3) is 0 Å². The maximum atomic E-state index is 13.1. The fourth-order valence-corrected chi connectivity index (χ4v) is 13.3. The van der Waals surface area contributed by atoms with E-state index in [-0.39, 0.29) is 25.7 Å². The predicted molar refractivity (Wildman–Crippen MR) is 404 cm³/mol. The molecule has 0 aromatic heterocycles. The second-order valence-corrected chi connectivity index (χ2v) is 32.5. The van der Waals surface area contributed by atoms with E-state index in [2.05, 4.69) is 72.8 Å². The molecule has 0 amide bonds. The standard InChI is InChI=1S/C80H152O17P2/c1-8-9-10-11-12-13-14-15-20-25-30-35-40-49-56-63-79(84)96-75(67-90-77(82)61-54-47-39-34-29-24-22-19-17-16-18-21-23-27-32-37-44-51-58-71(2)3)69-94-98(86,87)92-65-74(81)66-93-99(88,89)95-70-76(68-91-78(83)62-55-48-43-42-46-53-60-73(6)7)97-80(85)64-57-50-41-36-31-26-28-33-38-45-52-59-72(4)5/h13-15,20,71-76,81H,8-12,16-19,21-70H2,1-7H3,(H,86,87)(H,88,89)/b14-13-,20-15-/t74-,75-,76-/m1/s1. The zero-order valence-electron chi connectivity index (χ0n) is 64.4. The second-order valence-electron chi connectivity index (χ2n) is 29.5. The molecule has 0 saturated carbocycles. The molecule has 0 bridgehead atoms. The van der Waals surface area contributed by atoms with Crippen LogP contribution in [0.15, 0.2) is 24.3 Å². The van der Waals surface area contributed by atoms with E-state index < -0.39 is 97.5 Å². The Morgan fingerprint density at radius 1 is 0.313 bits per heavy atom. The first-order valence-electron chi connectivity index (χ1n) is 40.7. The Labute approximate surface area is 605 Å². The van der Waals surface area contributed by atoms with E-state index in [1.54, 1.807) is 0 Å². The molecule has 584 valence electrons. The minimum Gasteiger partial charge on any atom is -0.462 e. The third-order valence-electron chi connectivity index (χ3n) is 18.0. The molecule has 0 aromatic rings. The topological polar surface area (TPSA) is 237 Å². The number of hydrogen-bond acceptors (Lipinski definition) is 15. The van der Waals surface area contributed by atoms with Crippen molar-refractivity contribution in [1.82, 2.24) is 0 Å². The lowest BCUT2D eigenvalue weighted by atomic mass is 10.0. The molecule has 0 aliphatic rings. The van der Waals surface area contributed by atoms with E-state index in [1.165, 1.54) is 180 Å². The van der Waals surface area contributed by atoms with Gasteiger partial charge in [-0.3, -0.25) is 37.3 Å². The Morgan fingerprint density at radius 2 is 0.545 bits per heavy atom. The van der Waals surface area contributed by atoms with Gasteiger partial charge in [0, 0.05) is 25.7 Å². The van der Waals surface area contributed by atoms with Gasteiger partial charge < -0.3 is 33.8 Å². The molecule has 0 aliphatic heterocycles. The average molecular weight is 1450 g/mol. The van der Waals surface area contributed by atoms with E-state index >= 15 is 0 Å². The summed E-state index contributed by atoms with van der Waals surface area (Å²) in [5, 5.41) is 10.6. The molecule has 0 saturated heterocycles. The third-order valence-corrected chi connectivity index (χ3v) is 19.9. The first kappa shape index (κ1) is 96.5. The lowest BCUT2D eigenvalue weighted by Gasteiger charge is -2.21. The molecule has 2 unspecified atom stereocenters. The largest absolute Gasteiger partial charge is 0.472 e. The number of phosphoric ester groups is 2. The van der Waals surface area contributed by atoms with Crippen molar-refractivity contribution in [3.05, 3.63) is 24.3 Å². The van der Waals surface area contributed by atoms with Gasteiger partial charge in [0.05, 0.1) is 26.4 Å². The van der Waals surface area contributed by atoms with E-state index in [9.17, 15) is 43.2 Å². The SMILES string of the molecule is CCCCCC/C=C\C=C/CCCCCCCC(=O)O[C@H](COC(=O)CCCCCCCCCCCCCCCCCCCCC(C)C)COP(=O)(O)OC[C@@H](O)COP(=O)(O)OC[C@@H](COC(=O)CCCCCCCCC(C)C)OC(=O)CCCCCCCCCCCCCC(C)C. The molecule has 99 heavy (non-hydrogen) atoms. The van der Waals surface area contributed by atoms with Gasteiger partial charge in [-0.25, -0.2) is 9.13 Å². The molecular weight excluding hydrogens is 1290 g/mol. The first-order valence-corrected chi connectivity index (χ1v) is 43.7. The van der Waals surface area contributed by atoms with E-state index in [1.807, 2.05) is 0 Å². The Morgan fingerprint density at radius 3 is 0.818 bits per heavy atom. The van der Waals surface area contributed by atoms with Gasteiger partial charge in [-0.05, 0) is 69.1 Å². The summed E-state index contributed by atoms with van der Waals surface area (Å²) >= 11 is 0. The summed E-state index contributed by atoms with van der Waals surface area (Å²) < 4.78 is 68.6. The maximum absolute atomic E-state index is 13.1. The number of unbranched alkanes of at least 4 members (excludes halogenated alkanes) is 41. The molecule has 0 rings (SSSR count). The highest BCUT2D eigenvalue weighted by molar-refractivity contribution is 7.47. The molecule has 0 fully saturated rings. The quantitative estimate of drug-likeness (QED) is 0.0169. The molecule has 0 spiro atoms. The van der Waals surface area contributed by atoms with Gasteiger partial charge >= 0.3 is 39.5 Å². The number of allylic oxidation sites excluding steroid dienone is 4. The molecule has 0 aliphatic carbocycles. The number of esters is 4. The van der Waals surface area contributed by atoms with E-state index in [0.717, 1.165) is 121 Å². The van der Waals surface area contributed by atoms with Crippen molar-refractivity contribution in [1.29, 1.82) is 0 Å². The molecule has 5 atom stereocenters. The fraction of sp³-hybridized carbons (Fsp3) is 0.900. The monoisotopic (exact) mass is 1450 g/mol. The Hall–Kier alpha value is -2.46. The van der Waals surface area contributed by atoms with Crippen LogP contribution < -0.4 is 0 Å². The number of aliphatic hydroxyl groups is 1. The average Bonchev–Trinajstić information content (AvgIpc) is 0.950. The zero-order chi connectivity index (χ0) is 73.0. The predicted octanol–water partition coefficient (Wildman–Crippen LogP) is 23.3. The minimum atomic E-state index is -4.97. The summed E-state index contributed by atoms with van der Waals surface area (Å²) in [4.78, 5) is 72.9. The van der Waals surface area contributed by atoms with Crippen LogP contribution >= 0.6 is 15.6 Å². The van der Waals surface area contributed by atoms with Crippen LogP contribution in [0.4, 0.5) is 0 Å². The van der Waals surface area contributed by atoms with Crippen LogP contribution in [0, 0.1) is 17.8 Å². The van der Waals surface area contributed by atoms with Crippen molar-refractivity contribution < 1.29 is 80.2 Å². The molecule has 3 N–H and O–H groups in total.